The van der Waals surface area contributed by atoms with Crippen LogP contribution in [0.4, 0.5) is 5.69 Å². The van der Waals surface area contributed by atoms with Gasteiger partial charge in [-0.2, -0.15) is 0 Å². The smallest absolute Gasteiger partial charge is 0.261 e. The van der Waals surface area contributed by atoms with E-state index in [1.165, 1.54) is 12.1 Å². The number of benzene rings is 2. The Bertz CT molecular complexity index is 729. The molecule has 0 bridgehead atoms. The van der Waals surface area contributed by atoms with Gasteiger partial charge in [-0.3, -0.25) is 4.72 Å². The van der Waals surface area contributed by atoms with Gasteiger partial charge in [-0.1, -0.05) is 17.7 Å². The standard InChI is InChI=1S/C14H14ClNO3S/c1-10-8-12(6-7-14(10)19-2)16-20(17,18)13-5-3-4-11(15)9-13/h3-9,16H,1-2H3. The van der Waals surface area contributed by atoms with Crippen molar-refractivity contribution in [2.24, 2.45) is 0 Å². The summed E-state index contributed by atoms with van der Waals surface area (Å²) in [6.45, 7) is 1.84. The first-order chi connectivity index (χ1) is 9.42. The molecule has 0 fully saturated rings. The van der Waals surface area contributed by atoms with E-state index in [1.807, 2.05) is 6.92 Å². The number of sulfonamides is 1. The molecule has 2 rings (SSSR count). The van der Waals surface area contributed by atoms with Crippen LogP contribution in [0.25, 0.3) is 0 Å². The van der Waals surface area contributed by atoms with Gasteiger partial charge >= 0.3 is 0 Å². The average molecular weight is 312 g/mol. The van der Waals surface area contributed by atoms with Gasteiger partial charge in [0.15, 0.2) is 0 Å². The van der Waals surface area contributed by atoms with E-state index in [1.54, 1.807) is 37.4 Å². The SMILES string of the molecule is COc1ccc(NS(=O)(=O)c2cccc(Cl)c2)cc1C. The van der Waals surface area contributed by atoms with Crippen LogP contribution < -0.4 is 9.46 Å². The molecule has 106 valence electrons. The number of rotatable bonds is 4. The van der Waals surface area contributed by atoms with Gasteiger partial charge in [0.1, 0.15) is 5.75 Å². The molecule has 0 saturated heterocycles. The van der Waals surface area contributed by atoms with Crippen LogP contribution in [0.2, 0.25) is 5.02 Å². The van der Waals surface area contributed by atoms with E-state index in [9.17, 15) is 8.42 Å². The van der Waals surface area contributed by atoms with E-state index in [2.05, 4.69) is 4.72 Å². The van der Waals surface area contributed by atoms with E-state index < -0.39 is 10.0 Å². The molecule has 0 spiro atoms. The summed E-state index contributed by atoms with van der Waals surface area (Å²) >= 11 is 5.81. The molecule has 6 heteroatoms. The molecule has 0 aliphatic rings. The second-order valence-corrected chi connectivity index (χ2v) is 6.37. The summed E-state index contributed by atoms with van der Waals surface area (Å²) in [7, 11) is -2.08. The van der Waals surface area contributed by atoms with E-state index in [-0.39, 0.29) is 4.90 Å². The first kappa shape index (κ1) is 14.7. The number of methoxy groups -OCH3 is 1. The maximum atomic E-state index is 12.2. The predicted molar refractivity (Wildman–Crippen MR) is 80.0 cm³/mol. The molecule has 0 aliphatic carbocycles. The second kappa shape index (κ2) is 5.73. The van der Waals surface area contributed by atoms with Crippen molar-refractivity contribution in [3.63, 3.8) is 0 Å². The van der Waals surface area contributed by atoms with Crippen LogP contribution >= 0.6 is 11.6 Å². The summed E-state index contributed by atoms with van der Waals surface area (Å²) in [4.78, 5) is 0.124. The molecule has 0 aliphatic heterocycles. The molecule has 0 aromatic heterocycles. The molecule has 20 heavy (non-hydrogen) atoms. The molecule has 0 saturated carbocycles. The molecule has 1 N–H and O–H groups in total. The Morgan fingerprint density at radius 3 is 2.50 bits per heavy atom. The van der Waals surface area contributed by atoms with Gasteiger partial charge in [-0.05, 0) is 48.9 Å². The third-order valence-corrected chi connectivity index (χ3v) is 4.37. The first-order valence-corrected chi connectivity index (χ1v) is 7.71. The van der Waals surface area contributed by atoms with Crippen molar-refractivity contribution in [1.29, 1.82) is 0 Å². The van der Waals surface area contributed by atoms with Crippen molar-refractivity contribution in [1.82, 2.24) is 0 Å². The fourth-order valence-corrected chi connectivity index (χ4v) is 3.14. The van der Waals surface area contributed by atoms with Crippen LogP contribution in [0.1, 0.15) is 5.56 Å². The molecule has 2 aromatic rings. The van der Waals surface area contributed by atoms with E-state index in [0.29, 0.717) is 16.5 Å². The third-order valence-electron chi connectivity index (χ3n) is 2.75. The fraction of sp³-hybridized carbons (Fsp3) is 0.143. The van der Waals surface area contributed by atoms with Gasteiger partial charge in [0, 0.05) is 10.7 Å². The molecule has 2 aromatic carbocycles. The summed E-state index contributed by atoms with van der Waals surface area (Å²) in [5.74, 6) is 0.704. The Morgan fingerprint density at radius 2 is 1.90 bits per heavy atom. The summed E-state index contributed by atoms with van der Waals surface area (Å²) in [5, 5.41) is 0.374. The van der Waals surface area contributed by atoms with Gasteiger partial charge in [0.05, 0.1) is 12.0 Å². The van der Waals surface area contributed by atoms with Crippen LogP contribution in [-0.2, 0) is 10.0 Å². The number of halogens is 1. The highest BCUT2D eigenvalue weighted by atomic mass is 35.5. The molecule has 0 unspecified atom stereocenters. The zero-order chi connectivity index (χ0) is 14.8. The van der Waals surface area contributed by atoms with Crippen molar-refractivity contribution in [3.8, 4) is 5.75 Å². The Morgan fingerprint density at radius 1 is 1.15 bits per heavy atom. The first-order valence-electron chi connectivity index (χ1n) is 5.85. The topological polar surface area (TPSA) is 55.4 Å². The molecule has 0 atom stereocenters. The van der Waals surface area contributed by atoms with Gasteiger partial charge in [-0.15, -0.1) is 0 Å². The van der Waals surface area contributed by atoms with E-state index in [4.69, 9.17) is 16.3 Å². The Hall–Kier alpha value is -1.72. The number of anilines is 1. The molecular formula is C14H14ClNO3S. The highest BCUT2D eigenvalue weighted by Crippen LogP contribution is 2.24. The summed E-state index contributed by atoms with van der Waals surface area (Å²) in [6, 6.07) is 11.2. The van der Waals surface area contributed by atoms with Crippen LogP contribution in [0.15, 0.2) is 47.4 Å². The largest absolute Gasteiger partial charge is 0.496 e. The van der Waals surface area contributed by atoms with Crippen LogP contribution in [0.3, 0.4) is 0 Å². The van der Waals surface area contributed by atoms with E-state index in [0.717, 1.165) is 5.56 Å². The van der Waals surface area contributed by atoms with Crippen LogP contribution in [-0.4, -0.2) is 15.5 Å². The number of hydrogen-bond acceptors (Lipinski definition) is 3. The molecule has 0 heterocycles. The zero-order valence-electron chi connectivity index (χ0n) is 11.1. The van der Waals surface area contributed by atoms with Crippen molar-refractivity contribution in [2.45, 2.75) is 11.8 Å². The Balaban J connectivity index is 2.31. The average Bonchev–Trinajstić information content (AvgIpc) is 2.38. The monoisotopic (exact) mass is 311 g/mol. The Labute approximate surface area is 123 Å². The number of ether oxygens (including phenoxy) is 1. The Kier molecular flexibility index (Phi) is 4.20. The third kappa shape index (κ3) is 3.23. The van der Waals surface area contributed by atoms with Crippen LogP contribution in [0, 0.1) is 6.92 Å². The highest BCUT2D eigenvalue weighted by Gasteiger charge is 2.14. The fourth-order valence-electron chi connectivity index (χ4n) is 1.79. The lowest BCUT2D eigenvalue weighted by molar-refractivity contribution is 0.412. The van der Waals surface area contributed by atoms with Crippen molar-refractivity contribution in [3.05, 3.63) is 53.1 Å². The predicted octanol–water partition coefficient (Wildman–Crippen LogP) is 3.46. The minimum Gasteiger partial charge on any atom is -0.496 e. The van der Waals surface area contributed by atoms with Gasteiger partial charge in [0.2, 0.25) is 0 Å². The molecular weight excluding hydrogens is 298 g/mol. The van der Waals surface area contributed by atoms with Crippen molar-refractivity contribution >= 4 is 27.3 Å². The van der Waals surface area contributed by atoms with Gasteiger partial charge in [-0.25, -0.2) is 8.42 Å². The quantitative estimate of drug-likeness (QED) is 0.940. The maximum Gasteiger partial charge on any atom is 0.261 e. The lowest BCUT2D eigenvalue weighted by Crippen LogP contribution is -2.13. The summed E-state index contributed by atoms with van der Waals surface area (Å²) < 4.78 is 32.1. The zero-order valence-corrected chi connectivity index (χ0v) is 12.6. The molecule has 4 nitrogen and oxygen atoms in total. The minimum absolute atomic E-state index is 0.124. The van der Waals surface area contributed by atoms with Gasteiger partial charge in [0.25, 0.3) is 10.0 Å². The molecule has 0 amide bonds. The summed E-state index contributed by atoms with van der Waals surface area (Å²) in [5.41, 5.74) is 1.32. The summed E-state index contributed by atoms with van der Waals surface area (Å²) in [6.07, 6.45) is 0. The maximum absolute atomic E-state index is 12.2. The number of nitrogens with one attached hydrogen (secondary N) is 1. The highest BCUT2D eigenvalue weighted by molar-refractivity contribution is 7.92. The normalized spacial score (nSPS) is 11.2. The minimum atomic E-state index is -3.65. The number of hydrogen-bond donors (Lipinski definition) is 1. The van der Waals surface area contributed by atoms with Crippen molar-refractivity contribution in [2.75, 3.05) is 11.8 Å². The second-order valence-electron chi connectivity index (χ2n) is 4.25. The van der Waals surface area contributed by atoms with E-state index >= 15 is 0 Å². The van der Waals surface area contributed by atoms with Gasteiger partial charge < -0.3 is 4.74 Å². The van der Waals surface area contributed by atoms with Crippen LogP contribution in [0.5, 0.6) is 5.75 Å². The molecule has 0 radical (unpaired) electrons. The number of aryl methyl sites for hydroxylation is 1. The van der Waals surface area contributed by atoms with Crippen molar-refractivity contribution < 1.29 is 13.2 Å². The lowest BCUT2D eigenvalue weighted by Gasteiger charge is -2.10. The lowest BCUT2D eigenvalue weighted by atomic mass is 10.2.